The number of rotatable bonds is 3. The minimum Gasteiger partial charge on any atom is -0.448 e. The predicted octanol–water partition coefficient (Wildman–Crippen LogP) is 2.45. The molecule has 2 aromatic rings. The number of ether oxygens (including phenoxy) is 1. The van der Waals surface area contributed by atoms with Crippen LogP contribution in [0.5, 0.6) is 0 Å². The SMILES string of the molecule is NC(=O)OCCn1c(=S)[nH]c2cc(Cl)ccc21. The fourth-order valence-corrected chi connectivity index (χ4v) is 2.07. The largest absolute Gasteiger partial charge is 0.448 e. The van der Waals surface area contributed by atoms with Gasteiger partial charge in [0.15, 0.2) is 4.77 Å². The van der Waals surface area contributed by atoms with E-state index in [0.29, 0.717) is 16.3 Å². The van der Waals surface area contributed by atoms with Crippen molar-refractivity contribution in [2.75, 3.05) is 6.61 Å². The average Bonchev–Trinajstić information content (AvgIpc) is 2.54. The highest BCUT2D eigenvalue weighted by atomic mass is 35.5. The lowest BCUT2D eigenvalue weighted by Crippen LogP contribution is -2.16. The van der Waals surface area contributed by atoms with E-state index in [9.17, 15) is 4.79 Å². The highest BCUT2D eigenvalue weighted by Gasteiger charge is 2.05. The Bertz CT molecular complexity index is 620. The molecule has 1 heterocycles. The highest BCUT2D eigenvalue weighted by molar-refractivity contribution is 7.71. The summed E-state index contributed by atoms with van der Waals surface area (Å²) in [4.78, 5) is 13.5. The Morgan fingerprint density at radius 2 is 2.35 bits per heavy atom. The Kier molecular flexibility index (Phi) is 3.35. The molecule has 17 heavy (non-hydrogen) atoms. The van der Waals surface area contributed by atoms with Gasteiger partial charge in [-0.05, 0) is 30.4 Å². The van der Waals surface area contributed by atoms with Gasteiger partial charge in [-0.1, -0.05) is 11.6 Å². The molecule has 0 fully saturated rings. The first kappa shape index (κ1) is 11.9. The summed E-state index contributed by atoms with van der Waals surface area (Å²) in [5.74, 6) is 0. The number of hydrogen-bond acceptors (Lipinski definition) is 3. The van der Waals surface area contributed by atoms with Gasteiger partial charge < -0.3 is 20.0 Å². The van der Waals surface area contributed by atoms with E-state index < -0.39 is 6.09 Å². The molecule has 0 spiro atoms. The zero-order valence-corrected chi connectivity index (χ0v) is 10.3. The van der Waals surface area contributed by atoms with Gasteiger partial charge in [0.1, 0.15) is 6.61 Å². The quantitative estimate of drug-likeness (QED) is 0.842. The van der Waals surface area contributed by atoms with Gasteiger partial charge in [0, 0.05) is 5.02 Å². The van der Waals surface area contributed by atoms with E-state index in [4.69, 9.17) is 29.6 Å². The van der Waals surface area contributed by atoms with Crippen molar-refractivity contribution in [3.05, 3.63) is 28.0 Å². The molecule has 0 atom stereocenters. The number of hydrogen-bond donors (Lipinski definition) is 2. The topological polar surface area (TPSA) is 73.0 Å². The summed E-state index contributed by atoms with van der Waals surface area (Å²) in [5, 5.41) is 0.634. The number of nitrogens with one attached hydrogen (secondary N) is 1. The van der Waals surface area contributed by atoms with Gasteiger partial charge in [-0.2, -0.15) is 0 Å². The Labute approximate surface area is 107 Å². The minimum atomic E-state index is -0.792. The van der Waals surface area contributed by atoms with Crippen LogP contribution in [-0.2, 0) is 11.3 Å². The standard InChI is InChI=1S/C10H10ClN3O2S/c11-6-1-2-8-7(5-6)13-10(17)14(8)3-4-16-9(12)15/h1-2,5H,3-4H2,(H2,12,15)(H,13,17). The zero-order valence-electron chi connectivity index (χ0n) is 8.77. The first-order chi connectivity index (χ1) is 8.08. The Balaban J connectivity index is 2.30. The van der Waals surface area contributed by atoms with Crippen LogP contribution in [-0.4, -0.2) is 22.3 Å². The third-order valence-electron chi connectivity index (χ3n) is 2.30. The molecular formula is C10H10ClN3O2S. The number of nitrogens with two attached hydrogens (primary N) is 1. The molecule has 0 aliphatic rings. The Hall–Kier alpha value is -1.53. The first-order valence-electron chi connectivity index (χ1n) is 4.88. The highest BCUT2D eigenvalue weighted by Crippen LogP contribution is 2.18. The fourth-order valence-electron chi connectivity index (χ4n) is 1.60. The van der Waals surface area contributed by atoms with Gasteiger partial charge >= 0.3 is 6.09 Å². The van der Waals surface area contributed by atoms with Crippen molar-refractivity contribution >= 4 is 40.9 Å². The van der Waals surface area contributed by atoms with Crippen LogP contribution in [0.15, 0.2) is 18.2 Å². The summed E-state index contributed by atoms with van der Waals surface area (Å²) >= 11 is 11.0. The molecule has 0 bridgehead atoms. The minimum absolute atomic E-state index is 0.180. The van der Waals surface area contributed by atoms with Gasteiger partial charge in [0.2, 0.25) is 0 Å². The summed E-state index contributed by atoms with van der Waals surface area (Å²) < 4.78 is 7.05. The lowest BCUT2D eigenvalue weighted by atomic mass is 10.3. The van der Waals surface area contributed by atoms with E-state index in [1.54, 1.807) is 12.1 Å². The number of aromatic amines is 1. The number of fused-ring (bicyclic) bond motifs is 1. The average molecular weight is 272 g/mol. The van der Waals surface area contributed by atoms with E-state index in [2.05, 4.69) is 9.72 Å². The summed E-state index contributed by atoms with van der Waals surface area (Å²) in [7, 11) is 0. The van der Waals surface area contributed by atoms with Gasteiger partial charge in [0.25, 0.3) is 0 Å². The van der Waals surface area contributed by atoms with E-state index in [1.807, 2.05) is 10.6 Å². The van der Waals surface area contributed by atoms with Crippen LogP contribution in [0.3, 0.4) is 0 Å². The van der Waals surface area contributed by atoms with Gasteiger partial charge in [-0.25, -0.2) is 4.79 Å². The molecule has 2 rings (SSSR count). The van der Waals surface area contributed by atoms with Gasteiger partial charge in [-0.15, -0.1) is 0 Å². The zero-order chi connectivity index (χ0) is 12.4. The smallest absolute Gasteiger partial charge is 0.404 e. The summed E-state index contributed by atoms with van der Waals surface area (Å²) in [6, 6.07) is 5.42. The summed E-state index contributed by atoms with van der Waals surface area (Å²) in [6.07, 6.45) is -0.792. The molecule has 0 aliphatic carbocycles. The number of primary amides is 1. The molecule has 1 aromatic carbocycles. The Morgan fingerprint density at radius 3 is 3.06 bits per heavy atom. The van der Waals surface area contributed by atoms with E-state index in [0.717, 1.165) is 11.0 Å². The van der Waals surface area contributed by atoms with Crippen LogP contribution in [0.1, 0.15) is 0 Å². The summed E-state index contributed by atoms with van der Waals surface area (Å²) in [6.45, 7) is 0.628. The number of H-pyrrole nitrogens is 1. The fraction of sp³-hybridized carbons (Fsp3) is 0.200. The number of aromatic nitrogens is 2. The third kappa shape index (κ3) is 2.59. The van der Waals surface area contributed by atoms with Crippen LogP contribution >= 0.6 is 23.8 Å². The number of amides is 1. The number of carbonyl (C=O) groups excluding carboxylic acids is 1. The molecule has 0 radical (unpaired) electrons. The molecule has 0 saturated carbocycles. The van der Waals surface area contributed by atoms with Crippen LogP contribution in [0.2, 0.25) is 5.02 Å². The van der Waals surface area contributed by atoms with Crippen molar-refractivity contribution < 1.29 is 9.53 Å². The second-order valence-electron chi connectivity index (χ2n) is 3.41. The van der Waals surface area contributed by atoms with E-state index >= 15 is 0 Å². The van der Waals surface area contributed by atoms with Crippen LogP contribution in [0.4, 0.5) is 4.79 Å². The maximum Gasteiger partial charge on any atom is 0.404 e. The van der Waals surface area contributed by atoms with Crippen molar-refractivity contribution in [3.63, 3.8) is 0 Å². The first-order valence-corrected chi connectivity index (χ1v) is 5.67. The second kappa shape index (κ2) is 4.77. The predicted molar refractivity (Wildman–Crippen MR) is 67.7 cm³/mol. The normalized spacial score (nSPS) is 10.6. The molecule has 90 valence electrons. The van der Waals surface area contributed by atoms with E-state index in [1.165, 1.54) is 0 Å². The van der Waals surface area contributed by atoms with Gasteiger partial charge in [-0.3, -0.25) is 0 Å². The molecule has 0 saturated heterocycles. The van der Waals surface area contributed by atoms with Gasteiger partial charge in [0.05, 0.1) is 17.6 Å². The maximum absolute atomic E-state index is 10.5. The molecule has 0 aliphatic heterocycles. The van der Waals surface area contributed by atoms with E-state index in [-0.39, 0.29) is 6.61 Å². The van der Waals surface area contributed by atoms with Crippen molar-refractivity contribution in [1.82, 2.24) is 9.55 Å². The van der Waals surface area contributed by atoms with Crippen LogP contribution < -0.4 is 5.73 Å². The lowest BCUT2D eigenvalue weighted by Gasteiger charge is -2.04. The monoisotopic (exact) mass is 271 g/mol. The maximum atomic E-state index is 10.5. The van der Waals surface area contributed by atoms with Crippen LogP contribution in [0, 0.1) is 4.77 Å². The number of nitrogens with zero attached hydrogens (tertiary/aromatic N) is 1. The number of benzene rings is 1. The molecule has 1 aromatic heterocycles. The van der Waals surface area contributed by atoms with Crippen molar-refractivity contribution in [1.29, 1.82) is 0 Å². The third-order valence-corrected chi connectivity index (χ3v) is 2.85. The van der Waals surface area contributed by atoms with Crippen LogP contribution in [0.25, 0.3) is 11.0 Å². The van der Waals surface area contributed by atoms with Crippen molar-refractivity contribution in [2.24, 2.45) is 5.73 Å². The molecule has 7 heteroatoms. The summed E-state index contributed by atoms with van der Waals surface area (Å²) in [5.41, 5.74) is 6.64. The second-order valence-corrected chi connectivity index (χ2v) is 4.23. The number of carbonyl (C=O) groups is 1. The van der Waals surface area contributed by atoms with Crippen molar-refractivity contribution in [2.45, 2.75) is 6.54 Å². The Morgan fingerprint density at radius 1 is 1.59 bits per heavy atom. The lowest BCUT2D eigenvalue weighted by molar-refractivity contribution is 0.152. The molecule has 5 nitrogen and oxygen atoms in total. The molecule has 0 unspecified atom stereocenters. The number of halogens is 1. The molecular weight excluding hydrogens is 262 g/mol. The molecule has 1 amide bonds. The molecule has 3 N–H and O–H groups in total. The number of imidazole rings is 1. The van der Waals surface area contributed by atoms with Crippen molar-refractivity contribution in [3.8, 4) is 0 Å².